The molecular formula is C19H26N2O3. The van der Waals surface area contributed by atoms with Crippen LogP contribution in [-0.4, -0.2) is 47.5 Å². The van der Waals surface area contributed by atoms with Crippen LogP contribution in [0.5, 0.6) is 5.75 Å². The van der Waals surface area contributed by atoms with Crippen molar-refractivity contribution in [3.8, 4) is 5.75 Å². The van der Waals surface area contributed by atoms with E-state index in [1.54, 1.807) is 0 Å². The van der Waals surface area contributed by atoms with Crippen LogP contribution in [0.4, 0.5) is 0 Å². The highest BCUT2D eigenvalue weighted by molar-refractivity contribution is 5.38. The van der Waals surface area contributed by atoms with E-state index in [4.69, 9.17) is 9.26 Å². The van der Waals surface area contributed by atoms with Crippen molar-refractivity contribution in [2.45, 2.75) is 33.3 Å². The molecule has 0 aliphatic carbocycles. The maximum Gasteiger partial charge on any atom is 0.137 e. The molecule has 0 bridgehead atoms. The molecule has 5 nitrogen and oxygen atoms in total. The lowest BCUT2D eigenvalue weighted by Gasteiger charge is -2.17. The fourth-order valence-electron chi connectivity index (χ4n) is 3.26. The molecule has 0 saturated carbocycles. The Balaban J connectivity index is 1.47. The molecule has 3 rings (SSSR count). The van der Waals surface area contributed by atoms with Gasteiger partial charge in [0.1, 0.15) is 18.1 Å². The molecule has 1 aromatic heterocycles. The van der Waals surface area contributed by atoms with Gasteiger partial charge in [-0.15, -0.1) is 0 Å². The van der Waals surface area contributed by atoms with Gasteiger partial charge in [-0.3, -0.25) is 4.90 Å². The number of hydrogen-bond acceptors (Lipinski definition) is 5. The minimum atomic E-state index is -0.323. The number of nitrogens with zero attached hydrogens (tertiary/aromatic N) is 2. The van der Waals surface area contributed by atoms with Crippen molar-refractivity contribution in [3.63, 3.8) is 0 Å². The van der Waals surface area contributed by atoms with Crippen molar-refractivity contribution in [2.75, 3.05) is 26.2 Å². The van der Waals surface area contributed by atoms with E-state index in [9.17, 15) is 5.11 Å². The van der Waals surface area contributed by atoms with Gasteiger partial charge in [0.25, 0.3) is 0 Å². The summed E-state index contributed by atoms with van der Waals surface area (Å²) in [6.45, 7) is 9.08. The van der Waals surface area contributed by atoms with Crippen molar-refractivity contribution >= 4 is 0 Å². The lowest BCUT2D eigenvalue weighted by Crippen LogP contribution is -2.27. The number of ether oxygens (including phenoxy) is 1. The van der Waals surface area contributed by atoms with E-state index in [1.807, 2.05) is 25.1 Å². The summed E-state index contributed by atoms with van der Waals surface area (Å²) in [5.41, 5.74) is 3.32. The normalized spacial score (nSPS) is 21.3. The Morgan fingerprint density at radius 2 is 2.12 bits per heavy atom. The molecule has 1 aliphatic rings. The minimum absolute atomic E-state index is 0.193. The second-order valence-electron chi connectivity index (χ2n) is 6.77. The van der Waals surface area contributed by atoms with Crippen LogP contribution in [-0.2, 0) is 6.42 Å². The Labute approximate surface area is 143 Å². The van der Waals surface area contributed by atoms with Gasteiger partial charge in [-0.1, -0.05) is 17.3 Å². The van der Waals surface area contributed by atoms with Crippen LogP contribution >= 0.6 is 0 Å². The largest absolute Gasteiger partial charge is 0.492 e. The molecule has 5 heteroatoms. The molecule has 2 aromatic rings. The Morgan fingerprint density at radius 3 is 2.88 bits per heavy atom. The van der Waals surface area contributed by atoms with Gasteiger partial charge in [-0.05, 0) is 38.0 Å². The van der Waals surface area contributed by atoms with E-state index >= 15 is 0 Å². The smallest absolute Gasteiger partial charge is 0.137 e. The second-order valence-corrected chi connectivity index (χ2v) is 6.77. The minimum Gasteiger partial charge on any atom is -0.492 e. The highest BCUT2D eigenvalue weighted by Gasteiger charge is 2.32. The molecule has 0 radical (unpaired) electrons. The van der Waals surface area contributed by atoms with E-state index < -0.39 is 0 Å². The van der Waals surface area contributed by atoms with Crippen molar-refractivity contribution in [1.82, 2.24) is 10.1 Å². The van der Waals surface area contributed by atoms with E-state index in [0.29, 0.717) is 13.2 Å². The zero-order chi connectivity index (χ0) is 17.1. The number of benzene rings is 1. The Kier molecular flexibility index (Phi) is 5.21. The van der Waals surface area contributed by atoms with Gasteiger partial charge in [-0.25, -0.2) is 0 Å². The standard InChI is InChI=1S/C19H26N2O3/c1-13-5-4-6-19(15(13)3)23-8-7-21-11-16(18(22)12-21)10-17-9-14(2)20-24-17/h4-6,9,16,18,22H,7-8,10-12H2,1-3H3/t16-,18+/m1/s1. The average molecular weight is 330 g/mol. The number of aryl methyl sites for hydroxylation is 2. The number of β-amino-alcohol motifs (C(OH)–C–C–N with tert-alkyl or cyclic N) is 1. The first-order valence-corrected chi connectivity index (χ1v) is 8.54. The molecule has 1 aliphatic heterocycles. The molecule has 1 saturated heterocycles. The third-order valence-corrected chi connectivity index (χ3v) is 4.84. The summed E-state index contributed by atoms with van der Waals surface area (Å²) in [5, 5.41) is 14.2. The van der Waals surface area contributed by atoms with Crippen LogP contribution in [0.3, 0.4) is 0 Å². The van der Waals surface area contributed by atoms with Crippen molar-refractivity contribution < 1.29 is 14.4 Å². The van der Waals surface area contributed by atoms with E-state index in [-0.39, 0.29) is 12.0 Å². The second kappa shape index (κ2) is 7.36. The lowest BCUT2D eigenvalue weighted by molar-refractivity contribution is 0.136. The number of aromatic nitrogens is 1. The summed E-state index contributed by atoms with van der Waals surface area (Å²) >= 11 is 0. The monoisotopic (exact) mass is 330 g/mol. The molecule has 1 fully saturated rings. The average Bonchev–Trinajstić information content (AvgIpc) is 3.10. The SMILES string of the molecule is Cc1cc(C[C@@H]2CN(CCOc3cccc(C)c3C)C[C@@H]2O)on1. The Hall–Kier alpha value is -1.85. The molecule has 1 aromatic carbocycles. The van der Waals surface area contributed by atoms with Crippen LogP contribution in [0.25, 0.3) is 0 Å². The van der Waals surface area contributed by atoms with Crippen LogP contribution in [0, 0.1) is 26.7 Å². The van der Waals surface area contributed by atoms with Crippen LogP contribution in [0.1, 0.15) is 22.6 Å². The highest BCUT2D eigenvalue weighted by Crippen LogP contribution is 2.23. The van der Waals surface area contributed by atoms with E-state index in [1.165, 1.54) is 11.1 Å². The molecule has 0 amide bonds. The topological polar surface area (TPSA) is 58.7 Å². The molecule has 2 heterocycles. The molecule has 0 unspecified atom stereocenters. The Bertz CT molecular complexity index is 683. The number of likely N-dealkylation sites (tertiary alicyclic amines) is 1. The fraction of sp³-hybridized carbons (Fsp3) is 0.526. The molecule has 2 atom stereocenters. The lowest BCUT2D eigenvalue weighted by atomic mass is 10.0. The number of aliphatic hydroxyl groups excluding tert-OH is 1. The summed E-state index contributed by atoms with van der Waals surface area (Å²) in [6, 6.07) is 8.07. The van der Waals surface area contributed by atoms with Gasteiger partial charge in [0.2, 0.25) is 0 Å². The first-order valence-electron chi connectivity index (χ1n) is 8.54. The summed E-state index contributed by atoms with van der Waals surface area (Å²) in [7, 11) is 0. The third kappa shape index (κ3) is 3.97. The maximum absolute atomic E-state index is 10.3. The summed E-state index contributed by atoms with van der Waals surface area (Å²) in [6.07, 6.45) is 0.409. The Morgan fingerprint density at radius 1 is 1.29 bits per heavy atom. The van der Waals surface area contributed by atoms with Gasteiger partial charge >= 0.3 is 0 Å². The maximum atomic E-state index is 10.3. The van der Waals surface area contributed by atoms with Gasteiger partial charge in [0.05, 0.1) is 11.8 Å². The number of hydrogen-bond donors (Lipinski definition) is 1. The van der Waals surface area contributed by atoms with Gasteiger partial charge in [0.15, 0.2) is 0 Å². The zero-order valence-corrected chi connectivity index (χ0v) is 14.7. The number of rotatable bonds is 6. The number of aliphatic hydroxyl groups is 1. The third-order valence-electron chi connectivity index (χ3n) is 4.84. The van der Waals surface area contributed by atoms with E-state index in [0.717, 1.165) is 36.7 Å². The van der Waals surface area contributed by atoms with Gasteiger partial charge in [0, 0.05) is 38.0 Å². The van der Waals surface area contributed by atoms with Crippen molar-refractivity contribution in [2.24, 2.45) is 5.92 Å². The van der Waals surface area contributed by atoms with Crippen molar-refractivity contribution in [1.29, 1.82) is 0 Å². The van der Waals surface area contributed by atoms with Gasteiger partial charge < -0.3 is 14.4 Å². The fourth-order valence-corrected chi connectivity index (χ4v) is 3.26. The van der Waals surface area contributed by atoms with Crippen LogP contribution in [0.2, 0.25) is 0 Å². The molecule has 0 spiro atoms. The first kappa shape index (κ1) is 17.0. The summed E-state index contributed by atoms with van der Waals surface area (Å²) in [4.78, 5) is 2.25. The molecule has 1 N–H and O–H groups in total. The quantitative estimate of drug-likeness (QED) is 0.882. The predicted molar refractivity (Wildman–Crippen MR) is 92.3 cm³/mol. The van der Waals surface area contributed by atoms with Gasteiger partial charge in [-0.2, -0.15) is 0 Å². The molecule has 130 valence electrons. The highest BCUT2D eigenvalue weighted by atomic mass is 16.5. The molecular weight excluding hydrogens is 304 g/mol. The van der Waals surface area contributed by atoms with Crippen molar-refractivity contribution in [3.05, 3.63) is 46.8 Å². The zero-order valence-electron chi connectivity index (χ0n) is 14.7. The first-order chi connectivity index (χ1) is 11.5. The molecule has 24 heavy (non-hydrogen) atoms. The predicted octanol–water partition coefficient (Wildman–Crippen LogP) is 2.51. The summed E-state index contributed by atoms with van der Waals surface area (Å²) < 4.78 is 11.2. The summed E-state index contributed by atoms with van der Waals surface area (Å²) in [5.74, 6) is 1.99. The van der Waals surface area contributed by atoms with Crippen LogP contribution in [0.15, 0.2) is 28.8 Å². The van der Waals surface area contributed by atoms with Crippen LogP contribution < -0.4 is 4.74 Å². The van der Waals surface area contributed by atoms with E-state index in [2.05, 4.69) is 30.0 Å².